The summed E-state index contributed by atoms with van der Waals surface area (Å²) in [6, 6.07) is 4.53. The van der Waals surface area contributed by atoms with E-state index in [1.165, 1.54) is 6.07 Å². The van der Waals surface area contributed by atoms with Gasteiger partial charge in [0.2, 0.25) is 0 Å². The van der Waals surface area contributed by atoms with Crippen molar-refractivity contribution in [3.05, 3.63) is 51.8 Å². The lowest BCUT2D eigenvalue weighted by molar-refractivity contribution is -0.385. The fourth-order valence-electron chi connectivity index (χ4n) is 2.26. The highest BCUT2D eigenvalue weighted by Gasteiger charge is 2.17. The zero-order valence-electron chi connectivity index (χ0n) is 13.1. The van der Waals surface area contributed by atoms with Crippen LogP contribution in [0.5, 0.6) is 0 Å². The molecule has 2 N–H and O–H groups in total. The van der Waals surface area contributed by atoms with Gasteiger partial charge >= 0.3 is 6.03 Å². The topological polar surface area (TPSA) is 102 Å². The summed E-state index contributed by atoms with van der Waals surface area (Å²) >= 11 is 0. The van der Waals surface area contributed by atoms with E-state index in [9.17, 15) is 14.9 Å². The van der Waals surface area contributed by atoms with Gasteiger partial charge in [0.1, 0.15) is 0 Å². The number of anilines is 1. The van der Waals surface area contributed by atoms with Crippen molar-refractivity contribution in [3.8, 4) is 0 Å². The summed E-state index contributed by atoms with van der Waals surface area (Å²) in [7, 11) is 0. The molecule has 1 aromatic heterocycles. The third-order valence-electron chi connectivity index (χ3n) is 3.49. The number of nitrogens with one attached hydrogen (secondary N) is 2. The normalized spacial score (nSPS) is 10.3. The Morgan fingerprint density at radius 2 is 2.17 bits per heavy atom. The van der Waals surface area contributed by atoms with Crippen LogP contribution in [0.2, 0.25) is 0 Å². The van der Waals surface area contributed by atoms with Crippen LogP contribution in [0.4, 0.5) is 16.2 Å². The van der Waals surface area contributed by atoms with Crippen molar-refractivity contribution in [3.63, 3.8) is 0 Å². The number of nitrogens with zero attached hydrogens (tertiary/aromatic N) is 3. The van der Waals surface area contributed by atoms with Gasteiger partial charge in [-0.3, -0.25) is 14.8 Å². The summed E-state index contributed by atoms with van der Waals surface area (Å²) in [5, 5.41) is 20.5. The molecule has 0 spiro atoms. The van der Waals surface area contributed by atoms with Crippen molar-refractivity contribution >= 4 is 17.4 Å². The lowest BCUT2D eigenvalue weighted by Gasteiger charge is -2.12. The van der Waals surface area contributed by atoms with Crippen LogP contribution in [-0.4, -0.2) is 27.3 Å². The Labute approximate surface area is 133 Å². The number of carbonyl (C=O) groups is 1. The van der Waals surface area contributed by atoms with Gasteiger partial charge in [-0.1, -0.05) is 6.07 Å². The molecule has 0 aliphatic heterocycles. The number of hydrogen-bond donors (Lipinski definition) is 2. The number of aryl methyl sites for hydroxylation is 2. The lowest BCUT2D eigenvalue weighted by Crippen LogP contribution is -2.30. The number of aromatic nitrogens is 2. The number of rotatable bonds is 6. The summed E-state index contributed by atoms with van der Waals surface area (Å²) in [4.78, 5) is 22.5. The smallest absolute Gasteiger partial charge is 0.319 e. The van der Waals surface area contributed by atoms with E-state index < -0.39 is 4.92 Å². The predicted molar refractivity (Wildman–Crippen MR) is 86.4 cm³/mol. The first-order valence-corrected chi connectivity index (χ1v) is 7.26. The zero-order valence-corrected chi connectivity index (χ0v) is 13.1. The molecule has 0 atom stereocenters. The molecule has 2 amide bonds. The number of urea groups is 1. The van der Waals surface area contributed by atoms with Gasteiger partial charge in [0, 0.05) is 31.5 Å². The number of carbonyl (C=O) groups excluding carboxylic acids is 1. The van der Waals surface area contributed by atoms with E-state index in [2.05, 4.69) is 15.7 Å². The van der Waals surface area contributed by atoms with Crippen molar-refractivity contribution in [2.24, 2.45) is 0 Å². The molecule has 0 saturated carbocycles. The van der Waals surface area contributed by atoms with E-state index in [0.29, 0.717) is 24.3 Å². The molecule has 8 heteroatoms. The Morgan fingerprint density at radius 1 is 1.39 bits per heavy atom. The van der Waals surface area contributed by atoms with E-state index in [-0.39, 0.29) is 11.7 Å². The molecule has 0 radical (unpaired) electrons. The first-order valence-electron chi connectivity index (χ1n) is 7.26. The summed E-state index contributed by atoms with van der Waals surface area (Å²) < 4.78 is 1.79. The van der Waals surface area contributed by atoms with Crippen LogP contribution in [0.15, 0.2) is 30.6 Å². The Morgan fingerprint density at radius 3 is 2.83 bits per heavy atom. The second kappa shape index (κ2) is 7.39. The maximum Gasteiger partial charge on any atom is 0.319 e. The van der Waals surface area contributed by atoms with E-state index in [1.807, 2.05) is 12.3 Å². The van der Waals surface area contributed by atoms with Gasteiger partial charge in [0.15, 0.2) is 0 Å². The predicted octanol–water partition coefficient (Wildman–Crippen LogP) is 2.62. The Bertz CT molecular complexity index is 697. The Hall–Kier alpha value is -2.90. The number of amides is 2. The van der Waals surface area contributed by atoms with Crippen LogP contribution in [0.3, 0.4) is 0 Å². The van der Waals surface area contributed by atoms with Crippen LogP contribution < -0.4 is 10.6 Å². The molecule has 0 saturated heterocycles. The third-order valence-corrected chi connectivity index (χ3v) is 3.49. The van der Waals surface area contributed by atoms with E-state index >= 15 is 0 Å². The van der Waals surface area contributed by atoms with Gasteiger partial charge in [-0.2, -0.15) is 5.10 Å². The minimum Gasteiger partial charge on any atom is -0.338 e. The lowest BCUT2D eigenvalue weighted by atomic mass is 10.1. The van der Waals surface area contributed by atoms with Crippen LogP contribution in [0, 0.1) is 24.0 Å². The summed E-state index contributed by atoms with van der Waals surface area (Å²) in [6.45, 7) is 4.61. The van der Waals surface area contributed by atoms with Crippen LogP contribution in [0.25, 0.3) is 0 Å². The second-order valence-corrected chi connectivity index (χ2v) is 5.16. The van der Waals surface area contributed by atoms with Crippen LogP contribution in [-0.2, 0) is 6.54 Å². The fraction of sp³-hybridized carbons (Fsp3) is 0.333. The maximum atomic E-state index is 11.9. The average Bonchev–Trinajstić information content (AvgIpc) is 3.01. The van der Waals surface area contributed by atoms with Gasteiger partial charge in [0.25, 0.3) is 5.69 Å². The monoisotopic (exact) mass is 317 g/mol. The van der Waals surface area contributed by atoms with Crippen LogP contribution >= 0.6 is 0 Å². The molecule has 2 rings (SSSR count). The van der Waals surface area contributed by atoms with Gasteiger partial charge < -0.3 is 10.6 Å². The Kier molecular flexibility index (Phi) is 5.29. The van der Waals surface area contributed by atoms with Crippen molar-refractivity contribution in [2.75, 3.05) is 11.9 Å². The van der Waals surface area contributed by atoms with Gasteiger partial charge in [-0.25, -0.2) is 4.79 Å². The molecule has 8 nitrogen and oxygen atoms in total. The number of nitro benzene ring substituents is 1. The molecule has 0 bridgehead atoms. The first kappa shape index (κ1) is 16.5. The third kappa shape index (κ3) is 4.29. The average molecular weight is 317 g/mol. The van der Waals surface area contributed by atoms with Gasteiger partial charge in [0.05, 0.1) is 16.2 Å². The highest BCUT2D eigenvalue weighted by atomic mass is 16.6. The summed E-state index contributed by atoms with van der Waals surface area (Å²) in [5.74, 6) is 0. The molecular formula is C15H19N5O3. The van der Waals surface area contributed by atoms with E-state index in [0.717, 1.165) is 12.0 Å². The Balaban J connectivity index is 1.89. The summed E-state index contributed by atoms with van der Waals surface area (Å²) in [5.41, 5.74) is 1.69. The fourth-order valence-corrected chi connectivity index (χ4v) is 2.26. The molecule has 0 unspecified atom stereocenters. The molecule has 0 fully saturated rings. The standard InChI is InChI=1S/C15H19N5O3/c1-11-5-6-13(20(22)23)12(2)14(11)18-15(21)16-7-3-9-19-10-4-8-17-19/h4-6,8,10H,3,7,9H2,1-2H3,(H2,16,18,21). The highest BCUT2D eigenvalue weighted by molar-refractivity contribution is 5.91. The van der Waals surface area contributed by atoms with Crippen LogP contribution in [0.1, 0.15) is 17.5 Å². The van der Waals surface area contributed by atoms with Gasteiger partial charge in [-0.15, -0.1) is 0 Å². The van der Waals surface area contributed by atoms with Gasteiger partial charge in [-0.05, 0) is 31.9 Å². The molecule has 1 heterocycles. The van der Waals surface area contributed by atoms with Crippen molar-refractivity contribution in [1.29, 1.82) is 0 Å². The molecular weight excluding hydrogens is 298 g/mol. The minimum absolute atomic E-state index is 0.00965. The zero-order chi connectivity index (χ0) is 16.8. The van der Waals surface area contributed by atoms with E-state index in [1.54, 1.807) is 30.8 Å². The van der Waals surface area contributed by atoms with Crippen molar-refractivity contribution in [2.45, 2.75) is 26.8 Å². The van der Waals surface area contributed by atoms with E-state index in [4.69, 9.17) is 0 Å². The molecule has 23 heavy (non-hydrogen) atoms. The SMILES string of the molecule is Cc1ccc([N+](=O)[O-])c(C)c1NC(=O)NCCCn1cccn1. The first-order chi connectivity index (χ1) is 11.0. The quantitative estimate of drug-likeness (QED) is 0.485. The molecule has 2 aromatic rings. The molecule has 1 aromatic carbocycles. The molecule has 122 valence electrons. The largest absolute Gasteiger partial charge is 0.338 e. The number of hydrogen-bond acceptors (Lipinski definition) is 4. The van der Waals surface area contributed by atoms with Crippen molar-refractivity contribution < 1.29 is 9.72 Å². The summed E-state index contributed by atoms with van der Waals surface area (Å²) in [6.07, 6.45) is 4.30. The number of benzene rings is 1. The second-order valence-electron chi connectivity index (χ2n) is 5.16. The minimum atomic E-state index is -0.456. The maximum absolute atomic E-state index is 11.9. The van der Waals surface area contributed by atoms with Crippen molar-refractivity contribution in [1.82, 2.24) is 15.1 Å². The highest BCUT2D eigenvalue weighted by Crippen LogP contribution is 2.28. The molecule has 0 aliphatic carbocycles. The number of nitro groups is 1. The molecule has 0 aliphatic rings.